The highest BCUT2D eigenvalue weighted by molar-refractivity contribution is 4.85. The molecule has 0 bridgehead atoms. The van der Waals surface area contributed by atoms with Crippen LogP contribution >= 0.6 is 0 Å². The van der Waals surface area contributed by atoms with Crippen LogP contribution in [0.5, 0.6) is 0 Å². The molecule has 0 spiro atoms. The summed E-state index contributed by atoms with van der Waals surface area (Å²) < 4.78 is 0. The summed E-state index contributed by atoms with van der Waals surface area (Å²) in [6, 6.07) is 0.506. The summed E-state index contributed by atoms with van der Waals surface area (Å²) in [7, 11) is 0. The van der Waals surface area contributed by atoms with Crippen LogP contribution in [0.1, 0.15) is 53.4 Å². The van der Waals surface area contributed by atoms with Gasteiger partial charge in [-0.3, -0.25) is 11.3 Å². The highest BCUT2D eigenvalue weighted by Gasteiger charge is 2.31. The monoisotopic (exact) mass is 198 g/mol. The van der Waals surface area contributed by atoms with Crippen LogP contribution in [0.25, 0.3) is 0 Å². The molecule has 0 saturated heterocycles. The van der Waals surface area contributed by atoms with Gasteiger partial charge in [-0.1, -0.05) is 27.7 Å². The first-order chi connectivity index (χ1) is 6.46. The molecule has 0 aromatic carbocycles. The normalized spacial score (nSPS) is 25.3. The summed E-state index contributed by atoms with van der Waals surface area (Å²) >= 11 is 0. The molecule has 1 aliphatic carbocycles. The smallest absolute Gasteiger partial charge is 0.0261 e. The van der Waals surface area contributed by atoms with Crippen LogP contribution in [0.4, 0.5) is 0 Å². The van der Waals surface area contributed by atoms with Crippen LogP contribution < -0.4 is 11.3 Å². The largest absolute Gasteiger partial charge is 0.271 e. The average molecular weight is 198 g/mol. The maximum atomic E-state index is 5.62. The molecule has 1 rings (SSSR count). The third kappa shape index (κ3) is 2.96. The van der Waals surface area contributed by atoms with Crippen LogP contribution in [-0.4, -0.2) is 6.04 Å². The standard InChI is InChI=1S/C12H26N2/c1-9(2)11(14-13)10-5-7-12(3,4)8-6-10/h9-11,14H,5-8,13H2,1-4H3. The zero-order chi connectivity index (χ0) is 10.8. The van der Waals surface area contributed by atoms with Crippen molar-refractivity contribution in [3.05, 3.63) is 0 Å². The predicted molar refractivity (Wildman–Crippen MR) is 61.7 cm³/mol. The summed E-state index contributed by atoms with van der Waals surface area (Å²) in [5, 5.41) is 0. The fourth-order valence-electron chi connectivity index (χ4n) is 2.65. The zero-order valence-electron chi connectivity index (χ0n) is 10.1. The molecule has 84 valence electrons. The Bertz CT molecular complexity index is 165. The van der Waals surface area contributed by atoms with Gasteiger partial charge in [-0.2, -0.15) is 0 Å². The summed E-state index contributed by atoms with van der Waals surface area (Å²) in [5.74, 6) is 7.05. The first-order valence-electron chi connectivity index (χ1n) is 5.92. The quantitative estimate of drug-likeness (QED) is 0.540. The number of hydrogen-bond donors (Lipinski definition) is 2. The summed E-state index contributed by atoms with van der Waals surface area (Å²) in [6.07, 6.45) is 5.37. The van der Waals surface area contributed by atoms with Gasteiger partial charge in [0, 0.05) is 6.04 Å². The van der Waals surface area contributed by atoms with E-state index in [1.54, 1.807) is 0 Å². The average Bonchev–Trinajstić information content (AvgIpc) is 2.08. The van der Waals surface area contributed by atoms with E-state index < -0.39 is 0 Å². The Morgan fingerprint density at radius 2 is 1.71 bits per heavy atom. The first-order valence-corrected chi connectivity index (χ1v) is 5.92. The number of rotatable bonds is 3. The van der Waals surface area contributed by atoms with Gasteiger partial charge in [-0.05, 0) is 42.9 Å². The molecule has 0 amide bonds. The summed E-state index contributed by atoms with van der Waals surface area (Å²) in [6.45, 7) is 9.27. The van der Waals surface area contributed by atoms with Crippen molar-refractivity contribution in [2.24, 2.45) is 23.1 Å². The second-order valence-electron chi connectivity index (χ2n) is 5.94. The van der Waals surface area contributed by atoms with Crippen LogP contribution in [0.3, 0.4) is 0 Å². The Labute approximate surface area is 88.6 Å². The predicted octanol–water partition coefficient (Wildman–Crippen LogP) is 2.69. The van der Waals surface area contributed by atoms with Crippen molar-refractivity contribution < 1.29 is 0 Å². The minimum atomic E-state index is 0.506. The van der Waals surface area contributed by atoms with Gasteiger partial charge in [0.25, 0.3) is 0 Å². The molecule has 0 aromatic heterocycles. The molecule has 0 aliphatic heterocycles. The molecule has 2 heteroatoms. The molecule has 14 heavy (non-hydrogen) atoms. The first kappa shape index (κ1) is 12.0. The van der Waals surface area contributed by atoms with Gasteiger partial charge in [0.05, 0.1) is 0 Å². The van der Waals surface area contributed by atoms with Gasteiger partial charge in [-0.15, -0.1) is 0 Å². The molecular formula is C12H26N2. The zero-order valence-corrected chi connectivity index (χ0v) is 10.1. The van der Waals surface area contributed by atoms with Crippen molar-refractivity contribution in [1.29, 1.82) is 0 Å². The number of hydrogen-bond acceptors (Lipinski definition) is 2. The van der Waals surface area contributed by atoms with Crippen molar-refractivity contribution in [2.45, 2.75) is 59.4 Å². The number of nitrogens with two attached hydrogens (primary N) is 1. The highest BCUT2D eigenvalue weighted by atomic mass is 15.2. The van der Waals surface area contributed by atoms with Gasteiger partial charge in [0.2, 0.25) is 0 Å². The lowest BCUT2D eigenvalue weighted by Gasteiger charge is -2.39. The molecular weight excluding hydrogens is 172 g/mol. The van der Waals surface area contributed by atoms with Gasteiger partial charge in [0.1, 0.15) is 0 Å². The Morgan fingerprint density at radius 1 is 1.21 bits per heavy atom. The van der Waals surface area contributed by atoms with Gasteiger partial charge < -0.3 is 0 Å². The van der Waals surface area contributed by atoms with E-state index in [9.17, 15) is 0 Å². The fourth-order valence-corrected chi connectivity index (χ4v) is 2.65. The number of nitrogens with one attached hydrogen (secondary N) is 1. The lowest BCUT2D eigenvalue weighted by Crippen LogP contribution is -2.46. The fraction of sp³-hybridized carbons (Fsp3) is 1.00. The third-order valence-corrected chi connectivity index (χ3v) is 3.80. The Balaban J connectivity index is 2.47. The van der Waals surface area contributed by atoms with E-state index in [1.807, 2.05) is 0 Å². The maximum Gasteiger partial charge on any atom is 0.0261 e. The van der Waals surface area contributed by atoms with Crippen molar-refractivity contribution >= 4 is 0 Å². The van der Waals surface area contributed by atoms with E-state index in [-0.39, 0.29) is 0 Å². The van der Waals surface area contributed by atoms with E-state index >= 15 is 0 Å². The second-order valence-corrected chi connectivity index (χ2v) is 5.94. The maximum absolute atomic E-state index is 5.62. The van der Waals surface area contributed by atoms with E-state index in [1.165, 1.54) is 25.7 Å². The minimum absolute atomic E-state index is 0.506. The van der Waals surface area contributed by atoms with E-state index in [2.05, 4.69) is 33.1 Å². The molecule has 0 radical (unpaired) electrons. The molecule has 0 heterocycles. The van der Waals surface area contributed by atoms with Crippen molar-refractivity contribution in [3.63, 3.8) is 0 Å². The molecule has 0 aromatic rings. The SMILES string of the molecule is CC(C)C(NN)C1CCC(C)(C)CC1. The third-order valence-electron chi connectivity index (χ3n) is 3.80. The molecule has 1 atom stereocenters. The lowest BCUT2D eigenvalue weighted by atomic mass is 9.70. The Hall–Kier alpha value is -0.0800. The molecule has 1 unspecified atom stereocenters. The molecule has 1 aliphatic rings. The molecule has 1 saturated carbocycles. The summed E-state index contributed by atoms with van der Waals surface area (Å²) in [4.78, 5) is 0. The molecule has 2 nitrogen and oxygen atoms in total. The van der Waals surface area contributed by atoms with Crippen LogP contribution in [0.2, 0.25) is 0 Å². The van der Waals surface area contributed by atoms with Gasteiger partial charge >= 0.3 is 0 Å². The van der Waals surface area contributed by atoms with Crippen molar-refractivity contribution in [1.82, 2.24) is 5.43 Å². The Morgan fingerprint density at radius 3 is 2.07 bits per heavy atom. The minimum Gasteiger partial charge on any atom is -0.271 e. The number of hydrazine groups is 1. The summed E-state index contributed by atoms with van der Waals surface area (Å²) in [5.41, 5.74) is 3.56. The van der Waals surface area contributed by atoms with Crippen molar-refractivity contribution in [2.75, 3.05) is 0 Å². The van der Waals surface area contributed by atoms with E-state index in [0.29, 0.717) is 17.4 Å². The lowest BCUT2D eigenvalue weighted by molar-refractivity contribution is 0.143. The second kappa shape index (κ2) is 4.63. The van der Waals surface area contributed by atoms with Crippen LogP contribution in [-0.2, 0) is 0 Å². The molecule has 1 fully saturated rings. The Kier molecular flexibility index (Phi) is 3.96. The van der Waals surface area contributed by atoms with E-state index in [0.717, 1.165) is 5.92 Å². The van der Waals surface area contributed by atoms with Crippen LogP contribution in [0, 0.1) is 17.3 Å². The highest BCUT2D eigenvalue weighted by Crippen LogP contribution is 2.40. The topological polar surface area (TPSA) is 38.0 Å². The van der Waals surface area contributed by atoms with Crippen LogP contribution in [0.15, 0.2) is 0 Å². The van der Waals surface area contributed by atoms with E-state index in [4.69, 9.17) is 5.84 Å². The molecule has 3 N–H and O–H groups in total. The van der Waals surface area contributed by atoms with Gasteiger partial charge in [0.15, 0.2) is 0 Å². The van der Waals surface area contributed by atoms with Gasteiger partial charge in [-0.25, -0.2) is 0 Å². The van der Waals surface area contributed by atoms with Crippen molar-refractivity contribution in [3.8, 4) is 0 Å².